The largest absolute Gasteiger partial charge is 0.460 e. The number of benzene rings is 1. The number of rotatable bonds is 3. The first-order chi connectivity index (χ1) is 16.9. The van der Waals surface area contributed by atoms with Gasteiger partial charge in [0.05, 0.1) is 5.60 Å². The Morgan fingerprint density at radius 2 is 1.86 bits per heavy atom. The third-order valence-corrected chi connectivity index (χ3v) is 9.09. The molecule has 1 saturated heterocycles. The van der Waals surface area contributed by atoms with Gasteiger partial charge in [0.1, 0.15) is 16.9 Å². The van der Waals surface area contributed by atoms with Crippen LogP contribution in [0, 0.1) is 19.8 Å². The van der Waals surface area contributed by atoms with Crippen molar-refractivity contribution in [2.75, 3.05) is 13.1 Å². The number of amides is 1. The molecule has 2 atom stereocenters. The van der Waals surface area contributed by atoms with Crippen molar-refractivity contribution in [3.05, 3.63) is 44.5 Å². The van der Waals surface area contributed by atoms with E-state index in [1.165, 1.54) is 12.0 Å². The Balaban J connectivity index is 1.27. The third-order valence-electron chi connectivity index (χ3n) is 9.09. The van der Waals surface area contributed by atoms with E-state index in [1.54, 1.807) is 0 Å². The van der Waals surface area contributed by atoms with Crippen LogP contribution in [0.1, 0.15) is 79.4 Å². The summed E-state index contributed by atoms with van der Waals surface area (Å²) < 4.78 is 12.0. The van der Waals surface area contributed by atoms with E-state index in [9.17, 15) is 14.7 Å². The molecule has 2 fully saturated rings. The number of fused-ring (bicyclic) bond motifs is 5. The molecule has 2 aromatic heterocycles. The van der Waals surface area contributed by atoms with E-state index in [0.29, 0.717) is 37.1 Å². The summed E-state index contributed by atoms with van der Waals surface area (Å²) in [5.41, 5.74) is 4.14. The van der Waals surface area contributed by atoms with Gasteiger partial charge in [-0.1, -0.05) is 12.8 Å². The number of aryl methyl sites for hydroxylation is 4. The molecule has 1 N–H and O–H groups in total. The number of furan rings is 1. The van der Waals surface area contributed by atoms with Gasteiger partial charge in [-0.25, -0.2) is 4.79 Å². The fourth-order valence-corrected chi connectivity index (χ4v) is 6.89. The first-order valence-electron chi connectivity index (χ1n) is 13.4. The van der Waals surface area contributed by atoms with Crippen molar-refractivity contribution in [3.8, 4) is 0 Å². The number of nitrogens with zero attached hydrogens (tertiary/aromatic N) is 1. The summed E-state index contributed by atoms with van der Waals surface area (Å²) in [6.07, 6.45) is 9.65. The van der Waals surface area contributed by atoms with Crippen LogP contribution in [0.15, 0.2) is 19.7 Å². The van der Waals surface area contributed by atoms with Crippen LogP contribution in [-0.2, 0) is 24.1 Å². The molecule has 1 saturated carbocycles. The van der Waals surface area contributed by atoms with E-state index in [0.717, 1.165) is 78.2 Å². The summed E-state index contributed by atoms with van der Waals surface area (Å²) in [5.74, 6) is 1.31. The molecule has 1 aliphatic heterocycles. The number of piperidine rings is 1. The summed E-state index contributed by atoms with van der Waals surface area (Å²) >= 11 is 0. The van der Waals surface area contributed by atoms with Crippen molar-refractivity contribution in [1.29, 1.82) is 0 Å². The predicted octanol–water partition coefficient (Wildman–Crippen LogP) is 5.12. The van der Waals surface area contributed by atoms with E-state index < -0.39 is 5.60 Å². The molecule has 0 radical (unpaired) electrons. The minimum absolute atomic E-state index is 0.0621. The van der Waals surface area contributed by atoms with Gasteiger partial charge in [-0.3, -0.25) is 4.79 Å². The molecule has 3 aliphatic rings. The molecule has 1 amide bonds. The summed E-state index contributed by atoms with van der Waals surface area (Å²) in [5, 5.41) is 13.0. The molecule has 2 aliphatic carbocycles. The Hall–Kier alpha value is -2.60. The van der Waals surface area contributed by atoms with Crippen molar-refractivity contribution in [2.24, 2.45) is 5.92 Å². The smallest absolute Gasteiger partial charge is 0.339 e. The standard InChI is InChI=1S/C29H35NO5/c1-17-20(10-11-25(31)30-14-13-29(33)12-6-5-7-19(29)16-30)28(32)35-26-18(2)27-23(15-22(17)26)21-8-3-4-9-24(21)34-27/h15,19,33H,3-14,16H2,1-2H3/t19-,29+/m0/s1. The second-order valence-corrected chi connectivity index (χ2v) is 11.1. The first kappa shape index (κ1) is 22.8. The van der Waals surface area contributed by atoms with Gasteiger partial charge in [0.25, 0.3) is 0 Å². The van der Waals surface area contributed by atoms with E-state index in [-0.39, 0.29) is 23.9 Å². The van der Waals surface area contributed by atoms with Gasteiger partial charge in [0.2, 0.25) is 5.91 Å². The third kappa shape index (κ3) is 3.72. The Kier molecular flexibility index (Phi) is 5.55. The zero-order valence-electron chi connectivity index (χ0n) is 20.9. The fraction of sp³-hybridized carbons (Fsp3) is 0.586. The van der Waals surface area contributed by atoms with Crippen LogP contribution in [0.2, 0.25) is 0 Å². The van der Waals surface area contributed by atoms with Crippen molar-refractivity contribution in [3.63, 3.8) is 0 Å². The van der Waals surface area contributed by atoms with Crippen molar-refractivity contribution >= 4 is 27.8 Å². The first-order valence-corrected chi connectivity index (χ1v) is 13.4. The zero-order valence-corrected chi connectivity index (χ0v) is 20.9. The highest BCUT2D eigenvalue weighted by Crippen LogP contribution is 2.40. The van der Waals surface area contributed by atoms with Crippen LogP contribution in [0.4, 0.5) is 0 Å². The Bertz CT molecular complexity index is 1380. The number of carbonyl (C=O) groups excluding carboxylic acids is 1. The van der Waals surface area contributed by atoms with Crippen LogP contribution in [-0.4, -0.2) is 34.6 Å². The highest BCUT2D eigenvalue weighted by molar-refractivity contribution is 6.00. The number of aliphatic hydroxyl groups is 1. The van der Waals surface area contributed by atoms with Gasteiger partial charge in [0.15, 0.2) is 0 Å². The highest BCUT2D eigenvalue weighted by Gasteiger charge is 2.43. The number of likely N-dealkylation sites (tertiary alicyclic amines) is 1. The lowest BCUT2D eigenvalue weighted by molar-refractivity contribution is -0.143. The quantitative estimate of drug-likeness (QED) is 0.529. The van der Waals surface area contributed by atoms with E-state index in [1.807, 2.05) is 18.7 Å². The average Bonchev–Trinajstić information content (AvgIpc) is 3.23. The van der Waals surface area contributed by atoms with Gasteiger partial charge >= 0.3 is 5.63 Å². The maximum absolute atomic E-state index is 13.1. The summed E-state index contributed by atoms with van der Waals surface area (Å²) in [4.78, 5) is 28.0. The zero-order chi connectivity index (χ0) is 24.3. The van der Waals surface area contributed by atoms with Crippen molar-refractivity contribution in [1.82, 2.24) is 4.90 Å². The fourth-order valence-electron chi connectivity index (χ4n) is 6.89. The van der Waals surface area contributed by atoms with Gasteiger partial charge in [0, 0.05) is 59.3 Å². The SMILES string of the molecule is Cc1c(CCC(=O)N2CC[C@]3(O)CCCC[C@H]3C2)c(=O)oc2c(C)c3oc4c(c3cc12)CCCC4. The molecular formula is C29H35NO5. The molecule has 0 unspecified atom stereocenters. The van der Waals surface area contributed by atoms with Gasteiger partial charge in [-0.2, -0.15) is 0 Å². The Morgan fingerprint density at radius 3 is 2.71 bits per heavy atom. The van der Waals surface area contributed by atoms with Crippen LogP contribution in [0.3, 0.4) is 0 Å². The molecule has 1 aromatic carbocycles. The van der Waals surface area contributed by atoms with Crippen LogP contribution in [0.5, 0.6) is 0 Å². The minimum atomic E-state index is -0.597. The molecule has 0 bridgehead atoms. The lowest BCUT2D eigenvalue weighted by atomic mass is 9.71. The van der Waals surface area contributed by atoms with Crippen LogP contribution < -0.4 is 5.63 Å². The lowest BCUT2D eigenvalue weighted by Gasteiger charge is -2.47. The van der Waals surface area contributed by atoms with Crippen LogP contribution >= 0.6 is 0 Å². The van der Waals surface area contributed by atoms with Crippen molar-refractivity contribution < 1.29 is 18.7 Å². The minimum Gasteiger partial charge on any atom is -0.460 e. The van der Waals surface area contributed by atoms with Gasteiger partial charge < -0.3 is 18.8 Å². The Morgan fingerprint density at radius 1 is 1.06 bits per heavy atom. The predicted molar refractivity (Wildman–Crippen MR) is 135 cm³/mol. The van der Waals surface area contributed by atoms with Crippen LogP contribution in [0.25, 0.3) is 21.9 Å². The normalized spacial score (nSPS) is 24.5. The number of hydrogen-bond donors (Lipinski definition) is 1. The second kappa shape index (κ2) is 8.51. The summed E-state index contributed by atoms with van der Waals surface area (Å²) in [7, 11) is 0. The highest BCUT2D eigenvalue weighted by atomic mass is 16.4. The average molecular weight is 478 g/mol. The summed E-state index contributed by atoms with van der Waals surface area (Å²) in [6, 6.07) is 2.13. The molecule has 6 heteroatoms. The lowest BCUT2D eigenvalue weighted by Crippen LogP contribution is -2.54. The second-order valence-electron chi connectivity index (χ2n) is 11.1. The summed E-state index contributed by atoms with van der Waals surface area (Å²) in [6.45, 7) is 5.16. The van der Waals surface area contributed by atoms with E-state index >= 15 is 0 Å². The van der Waals surface area contributed by atoms with E-state index in [2.05, 4.69) is 6.07 Å². The number of hydrogen-bond acceptors (Lipinski definition) is 5. The monoisotopic (exact) mass is 477 g/mol. The molecule has 3 aromatic rings. The van der Waals surface area contributed by atoms with Gasteiger partial charge in [-0.15, -0.1) is 0 Å². The number of carbonyl (C=O) groups is 1. The molecule has 6 nitrogen and oxygen atoms in total. The maximum Gasteiger partial charge on any atom is 0.339 e. The molecule has 35 heavy (non-hydrogen) atoms. The molecular weight excluding hydrogens is 442 g/mol. The molecule has 0 spiro atoms. The Labute approximate surface area is 205 Å². The topological polar surface area (TPSA) is 83.9 Å². The molecule has 6 rings (SSSR count). The van der Waals surface area contributed by atoms with Gasteiger partial charge in [-0.05, 0) is 70.4 Å². The maximum atomic E-state index is 13.1. The molecule has 186 valence electrons. The molecule has 3 heterocycles. The van der Waals surface area contributed by atoms with Crippen molar-refractivity contribution in [2.45, 2.75) is 90.1 Å². The van der Waals surface area contributed by atoms with E-state index in [4.69, 9.17) is 8.83 Å².